The molecule has 0 aliphatic heterocycles. The smallest absolute Gasteiger partial charge is 0.419 e. The Bertz CT molecular complexity index is 227. The van der Waals surface area contributed by atoms with E-state index in [1.165, 1.54) is 0 Å². The fourth-order valence-electron chi connectivity index (χ4n) is 0.805. The van der Waals surface area contributed by atoms with Crippen molar-refractivity contribution in [1.82, 2.24) is 0 Å². The zero-order valence-corrected chi connectivity index (χ0v) is 5.73. The fraction of sp³-hybridized carbons (Fsp3) is 0.167. The fourth-order valence-corrected chi connectivity index (χ4v) is 0.805. The molecule has 0 aromatic carbocycles. The number of aryl methyl sites for hydroxylation is 1. The first-order valence-corrected chi connectivity index (χ1v) is 3.02. The van der Waals surface area contributed by atoms with Gasteiger partial charge < -0.3 is 10.0 Å². The molecule has 4 heteroatoms. The highest BCUT2D eigenvalue weighted by Crippen LogP contribution is 1.74. The second-order valence-corrected chi connectivity index (χ2v) is 2.11. The number of nitrogens with zero attached hydrogens (tertiary/aromatic N) is 1. The number of hydrogen-bond donors (Lipinski definition) is 2. The summed E-state index contributed by atoms with van der Waals surface area (Å²) in [6.45, 7) is 0. The lowest BCUT2D eigenvalue weighted by atomic mass is 9.85. The van der Waals surface area contributed by atoms with Crippen LogP contribution in [0.3, 0.4) is 0 Å². The van der Waals surface area contributed by atoms with Crippen molar-refractivity contribution in [2.24, 2.45) is 7.05 Å². The molecule has 0 bridgehead atoms. The van der Waals surface area contributed by atoms with Crippen LogP contribution < -0.4 is 10.2 Å². The van der Waals surface area contributed by atoms with Crippen molar-refractivity contribution < 1.29 is 14.6 Å². The van der Waals surface area contributed by atoms with E-state index in [0.717, 1.165) is 0 Å². The molecule has 10 heavy (non-hydrogen) atoms. The quantitative estimate of drug-likeness (QED) is 0.355. The molecular formula is C6H9BNO2+. The highest BCUT2D eigenvalue weighted by atomic mass is 16.4. The predicted molar refractivity (Wildman–Crippen MR) is 37.4 cm³/mol. The third kappa shape index (κ3) is 1.34. The summed E-state index contributed by atoms with van der Waals surface area (Å²) in [6.07, 6.45) is 1.76. The molecule has 0 spiro atoms. The molecule has 0 radical (unpaired) electrons. The SMILES string of the molecule is C[n+]1ccccc1B(O)O. The van der Waals surface area contributed by atoms with Crippen LogP contribution in [-0.4, -0.2) is 17.2 Å². The normalized spacial score (nSPS) is 9.50. The average molecular weight is 138 g/mol. The molecule has 2 N–H and O–H groups in total. The summed E-state index contributed by atoms with van der Waals surface area (Å²) >= 11 is 0. The van der Waals surface area contributed by atoms with Gasteiger partial charge in [-0.1, -0.05) is 6.07 Å². The van der Waals surface area contributed by atoms with Gasteiger partial charge in [-0.25, -0.2) is 4.57 Å². The second kappa shape index (κ2) is 2.81. The summed E-state index contributed by atoms with van der Waals surface area (Å²) in [5.41, 5.74) is 0.488. The number of pyridine rings is 1. The molecule has 1 rings (SSSR count). The Morgan fingerprint density at radius 1 is 1.40 bits per heavy atom. The zero-order valence-electron chi connectivity index (χ0n) is 5.73. The lowest BCUT2D eigenvalue weighted by molar-refractivity contribution is -0.655. The summed E-state index contributed by atoms with van der Waals surface area (Å²) in [7, 11) is 0.376. The Kier molecular flexibility index (Phi) is 2.04. The van der Waals surface area contributed by atoms with Crippen molar-refractivity contribution in [1.29, 1.82) is 0 Å². The molecule has 1 heterocycles. The molecule has 3 nitrogen and oxygen atoms in total. The molecule has 0 saturated carbocycles. The Morgan fingerprint density at radius 3 is 2.50 bits per heavy atom. The minimum atomic E-state index is -1.38. The van der Waals surface area contributed by atoms with Gasteiger partial charge in [-0.3, -0.25) is 0 Å². The molecule has 0 atom stereocenters. The van der Waals surface area contributed by atoms with E-state index in [1.54, 1.807) is 29.9 Å². The Morgan fingerprint density at radius 2 is 2.10 bits per heavy atom. The standard InChI is InChI=1S/C6H9BNO2/c1-8-5-3-2-4-6(8)7(9)10/h2-5,9-10H,1H3/q+1. The minimum Gasteiger partial charge on any atom is -0.419 e. The van der Waals surface area contributed by atoms with Crippen LogP contribution in [0.1, 0.15) is 0 Å². The summed E-state index contributed by atoms with van der Waals surface area (Å²) in [4.78, 5) is 0. The predicted octanol–water partition coefficient (Wildman–Crippen LogP) is -1.81. The van der Waals surface area contributed by atoms with Crippen LogP contribution in [0.5, 0.6) is 0 Å². The molecule has 0 saturated heterocycles. The van der Waals surface area contributed by atoms with Crippen LogP contribution in [0.15, 0.2) is 24.4 Å². The zero-order chi connectivity index (χ0) is 7.56. The molecule has 0 fully saturated rings. The van der Waals surface area contributed by atoms with Crippen molar-refractivity contribution in [3.05, 3.63) is 24.4 Å². The molecule has 1 aromatic heterocycles. The molecule has 0 unspecified atom stereocenters. The number of aromatic nitrogens is 1. The van der Waals surface area contributed by atoms with Gasteiger partial charge in [-0.2, -0.15) is 0 Å². The van der Waals surface area contributed by atoms with Gasteiger partial charge in [0, 0.05) is 12.1 Å². The van der Waals surface area contributed by atoms with Crippen LogP contribution in [0.2, 0.25) is 0 Å². The molecular weight excluding hydrogens is 129 g/mol. The first-order valence-electron chi connectivity index (χ1n) is 3.02. The highest BCUT2D eigenvalue weighted by Gasteiger charge is 2.20. The van der Waals surface area contributed by atoms with Crippen LogP contribution in [0, 0.1) is 0 Å². The molecule has 52 valence electrons. The maximum absolute atomic E-state index is 8.74. The van der Waals surface area contributed by atoms with Crippen molar-refractivity contribution in [3.63, 3.8) is 0 Å². The molecule has 1 aromatic rings. The van der Waals surface area contributed by atoms with Gasteiger partial charge in [0.1, 0.15) is 7.05 Å². The van der Waals surface area contributed by atoms with Gasteiger partial charge in [0.15, 0.2) is 6.20 Å². The van der Waals surface area contributed by atoms with E-state index < -0.39 is 7.12 Å². The van der Waals surface area contributed by atoms with E-state index in [1.807, 2.05) is 6.07 Å². The van der Waals surface area contributed by atoms with Crippen LogP contribution in [-0.2, 0) is 7.05 Å². The monoisotopic (exact) mass is 138 g/mol. The summed E-state index contributed by atoms with van der Waals surface area (Å²) < 4.78 is 1.66. The maximum atomic E-state index is 8.74. The van der Waals surface area contributed by atoms with E-state index in [2.05, 4.69) is 0 Å². The topological polar surface area (TPSA) is 44.3 Å². The largest absolute Gasteiger partial charge is 0.561 e. The Labute approximate surface area is 59.7 Å². The Balaban J connectivity index is 3.03. The van der Waals surface area contributed by atoms with Crippen LogP contribution >= 0.6 is 0 Å². The highest BCUT2D eigenvalue weighted by molar-refractivity contribution is 6.56. The van der Waals surface area contributed by atoms with Gasteiger partial charge in [-0.05, 0) is 0 Å². The average Bonchev–Trinajstić information content (AvgIpc) is 1.88. The van der Waals surface area contributed by atoms with Crippen molar-refractivity contribution in [2.75, 3.05) is 0 Å². The van der Waals surface area contributed by atoms with Gasteiger partial charge in [0.05, 0.1) is 0 Å². The Hall–Kier alpha value is -0.865. The lowest BCUT2D eigenvalue weighted by Crippen LogP contribution is -2.54. The first-order chi connectivity index (χ1) is 4.72. The lowest BCUT2D eigenvalue weighted by Gasteiger charge is -1.94. The first kappa shape index (κ1) is 7.24. The van der Waals surface area contributed by atoms with Gasteiger partial charge in [-0.15, -0.1) is 0 Å². The minimum absolute atomic E-state index is 0.488. The van der Waals surface area contributed by atoms with E-state index in [-0.39, 0.29) is 0 Å². The summed E-state index contributed by atoms with van der Waals surface area (Å²) in [5.74, 6) is 0. The summed E-state index contributed by atoms with van der Waals surface area (Å²) in [5, 5.41) is 17.5. The van der Waals surface area contributed by atoms with Crippen molar-refractivity contribution >= 4 is 12.7 Å². The second-order valence-electron chi connectivity index (χ2n) is 2.11. The van der Waals surface area contributed by atoms with Gasteiger partial charge in [0.25, 0.3) is 0 Å². The van der Waals surface area contributed by atoms with Gasteiger partial charge >= 0.3 is 7.12 Å². The van der Waals surface area contributed by atoms with E-state index in [0.29, 0.717) is 5.59 Å². The third-order valence-corrected chi connectivity index (χ3v) is 1.36. The van der Waals surface area contributed by atoms with Crippen LogP contribution in [0.4, 0.5) is 0 Å². The number of hydrogen-bond acceptors (Lipinski definition) is 2. The van der Waals surface area contributed by atoms with E-state index >= 15 is 0 Å². The maximum Gasteiger partial charge on any atom is 0.561 e. The van der Waals surface area contributed by atoms with Crippen molar-refractivity contribution in [2.45, 2.75) is 0 Å². The van der Waals surface area contributed by atoms with E-state index in [4.69, 9.17) is 10.0 Å². The summed E-state index contributed by atoms with van der Waals surface area (Å²) in [6, 6.07) is 5.24. The van der Waals surface area contributed by atoms with Gasteiger partial charge in [0.2, 0.25) is 5.59 Å². The molecule has 0 aliphatic carbocycles. The third-order valence-electron chi connectivity index (χ3n) is 1.36. The van der Waals surface area contributed by atoms with Crippen LogP contribution in [0.25, 0.3) is 0 Å². The van der Waals surface area contributed by atoms with E-state index in [9.17, 15) is 0 Å². The molecule has 0 aliphatic rings. The van der Waals surface area contributed by atoms with Crippen molar-refractivity contribution in [3.8, 4) is 0 Å². The number of rotatable bonds is 1. The molecule has 0 amide bonds.